The van der Waals surface area contributed by atoms with Crippen LogP contribution in [0.1, 0.15) is 18.5 Å². The molecule has 5 nitrogen and oxygen atoms in total. The molecule has 0 fully saturated rings. The fourth-order valence-corrected chi connectivity index (χ4v) is 2.65. The summed E-state index contributed by atoms with van der Waals surface area (Å²) in [6.07, 6.45) is 0.395. The van der Waals surface area contributed by atoms with Gasteiger partial charge in [0, 0.05) is 6.42 Å². The largest absolute Gasteiger partial charge is 0.464 e. The highest BCUT2D eigenvalue weighted by Crippen LogP contribution is 2.17. The first-order chi connectivity index (χ1) is 11.2. The van der Waals surface area contributed by atoms with Gasteiger partial charge in [0.05, 0.1) is 17.5 Å². The quantitative estimate of drug-likeness (QED) is 0.737. The highest BCUT2D eigenvalue weighted by molar-refractivity contribution is 5.79. The van der Waals surface area contributed by atoms with Crippen molar-refractivity contribution >= 4 is 16.9 Å². The normalized spacial score (nSPS) is 12.2. The van der Waals surface area contributed by atoms with Gasteiger partial charge in [-0.25, -0.2) is 9.48 Å². The van der Waals surface area contributed by atoms with Gasteiger partial charge >= 0.3 is 5.97 Å². The third-order valence-electron chi connectivity index (χ3n) is 3.76. The number of H-pyrrole nitrogens is 1. The van der Waals surface area contributed by atoms with E-state index in [1.54, 1.807) is 19.1 Å². The predicted octanol–water partition coefficient (Wildman–Crippen LogP) is 2.68. The summed E-state index contributed by atoms with van der Waals surface area (Å²) < 4.78 is 6.53. The summed E-state index contributed by atoms with van der Waals surface area (Å²) in [5.74, 6) is -0.412. The van der Waals surface area contributed by atoms with Crippen LogP contribution in [0.25, 0.3) is 10.9 Å². The summed E-state index contributed by atoms with van der Waals surface area (Å²) in [6, 6.07) is 16.1. The minimum absolute atomic E-state index is 0.213. The number of rotatable bonds is 5. The summed E-state index contributed by atoms with van der Waals surface area (Å²) in [7, 11) is 0. The van der Waals surface area contributed by atoms with Crippen LogP contribution < -0.4 is 5.56 Å². The monoisotopic (exact) mass is 310 g/mol. The van der Waals surface area contributed by atoms with Crippen molar-refractivity contribution in [2.75, 3.05) is 6.61 Å². The molecule has 0 radical (unpaired) electrons. The molecule has 2 aromatic carbocycles. The van der Waals surface area contributed by atoms with Gasteiger partial charge < -0.3 is 4.74 Å². The molecule has 0 bridgehead atoms. The molecule has 0 aliphatic carbocycles. The number of nitrogens with zero attached hydrogens (tertiary/aromatic N) is 1. The molecule has 0 aliphatic rings. The van der Waals surface area contributed by atoms with Crippen LogP contribution in [0.4, 0.5) is 0 Å². The Bertz CT molecular complexity index is 865. The Morgan fingerprint density at radius 3 is 2.52 bits per heavy atom. The Morgan fingerprint density at radius 1 is 1.13 bits per heavy atom. The van der Waals surface area contributed by atoms with Gasteiger partial charge in [0.1, 0.15) is 0 Å². The molecule has 1 N–H and O–H groups in total. The molecule has 1 aromatic heterocycles. The fourth-order valence-electron chi connectivity index (χ4n) is 2.65. The minimum atomic E-state index is -0.711. The standard InChI is InChI=1S/C18H18N2O3/c1-2-23-18(22)16(12-13-8-4-3-5-9-13)20-17(21)14-10-6-7-11-15(14)19-20/h3-11,16,19H,2,12H2,1H3. The van der Waals surface area contributed by atoms with Crippen LogP contribution in [-0.2, 0) is 16.0 Å². The van der Waals surface area contributed by atoms with Crippen molar-refractivity contribution in [2.24, 2.45) is 0 Å². The highest BCUT2D eigenvalue weighted by atomic mass is 16.5. The second kappa shape index (κ2) is 6.52. The number of benzene rings is 2. The van der Waals surface area contributed by atoms with Gasteiger partial charge in [-0.05, 0) is 24.6 Å². The lowest BCUT2D eigenvalue weighted by atomic mass is 10.1. The van der Waals surface area contributed by atoms with Crippen molar-refractivity contribution in [3.05, 3.63) is 70.5 Å². The van der Waals surface area contributed by atoms with E-state index in [4.69, 9.17) is 4.74 Å². The van der Waals surface area contributed by atoms with Crippen LogP contribution in [0.5, 0.6) is 0 Å². The Labute approximate surface area is 133 Å². The number of carbonyl (C=O) groups excluding carboxylic acids is 1. The van der Waals surface area contributed by atoms with E-state index >= 15 is 0 Å². The minimum Gasteiger partial charge on any atom is -0.464 e. The number of hydrogen-bond donors (Lipinski definition) is 1. The Balaban J connectivity index is 2.04. The number of fused-ring (bicyclic) bond motifs is 1. The number of esters is 1. The predicted molar refractivity (Wildman–Crippen MR) is 88.4 cm³/mol. The number of aromatic nitrogens is 2. The van der Waals surface area contributed by atoms with Gasteiger partial charge in [-0.3, -0.25) is 9.89 Å². The van der Waals surface area contributed by atoms with Gasteiger partial charge in [-0.1, -0.05) is 42.5 Å². The van der Waals surface area contributed by atoms with Gasteiger partial charge in [0.15, 0.2) is 6.04 Å². The third kappa shape index (κ3) is 3.04. The maximum atomic E-state index is 12.6. The molecular weight excluding hydrogens is 292 g/mol. The lowest BCUT2D eigenvalue weighted by Crippen LogP contribution is -2.31. The van der Waals surface area contributed by atoms with Crippen LogP contribution in [0.15, 0.2) is 59.4 Å². The molecule has 0 aliphatic heterocycles. The van der Waals surface area contributed by atoms with Crippen molar-refractivity contribution in [1.82, 2.24) is 9.78 Å². The summed E-state index contributed by atoms with van der Waals surface area (Å²) >= 11 is 0. The van der Waals surface area contributed by atoms with Gasteiger partial charge in [0.25, 0.3) is 5.56 Å². The summed E-state index contributed by atoms with van der Waals surface area (Å²) in [6.45, 7) is 2.03. The van der Waals surface area contributed by atoms with Crippen LogP contribution in [0.3, 0.4) is 0 Å². The number of nitrogens with one attached hydrogen (secondary N) is 1. The third-order valence-corrected chi connectivity index (χ3v) is 3.76. The van der Waals surface area contributed by atoms with Gasteiger partial charge in [-0.2, -0.15) is 0 Å². The zero-order valence-corrected chi connectivity index (χ0v) is 12.9. The molecule has 1 unspecified atom stereocenters. The second-order valence-corrected chi connectivity index (χ2v) is 5.29. The number of carbonyl (C=O) groups is 1. The molecule has 0 amide bonds. The Morgan fingerprint density at radius 2 is 1.83 bits per heavy atom. The average molecular weight is 310 g/mol. The Hall–Kier alpha value is -2.82. The SMILES string of the molecule is CCOC(=O)C(Cc1ccccc1)n1[nH]c2ccccc2c1=O. The van der Waals surface area contributed by atoms with E-state index in [2.05, 4.69) is 5.10 Å². The number of hydrogen-bond acceptors (Lipinski definition) is 3. The second-order valence-electron chi connectivity index (χ2n) is 5.29. The highest BCUT2D eigenvalue weighted by Gasteiger charge is 2.25. The molecule has 1 heterocycles. The number of ether oxygens (including phenoxy) is 1. The Kier molecular flexibility index (Phi) is 4.28. The molecular formula is C18H18N2O3. The number of aromatic amines is 1. The fraction of sp³-hybridized carbons (Fsp3) is 0.222. The molecule has 23 heavy (non-hydrogen) atoms. The topological polar surface area (TPSA) is 64.1 Å². The first kappa shape index (κ1) is 15.1. The van der Waals surface area contributed by atoms with Crippen LogP contribution >= 0.6 is 0 Å². The summed E-state index contributed by atoms with van der Waals surface area (Å²) in [5, 5.41) is 3.59. The van der Waals surface area contributed by atoms with E-state index in [1.165, 1.54) is 4.68 Å². The smallest absolute Gasteiger partial charge is 0.331 e. The molecule has 0 saturated heterocycles. The first-order valence-corrected chi connectivity index (χ1v) is 7.60. The molecule has 3 aromatic rings. The average Bonchev–Trinajstić information content (AvgIpc) is 2.91. The zero-order valence-electron chi connectivity index (χ0n) is 12.9. The van der Waals surface area contributed by atoms with Gasteiger partial charge in [-0.15, -0.1) is 0 Å². The lowest BCUT2D eigenvalue weighted by molar-refractivity contribution is -0.147. The lowest BCUT2D eigenvalue weighted by Gasteiger charge is -2.16. The maximum absolute atomic E-state index is 12.6. The molecule has 0 saturated carbocycles. The number of para-hydroxylation sites is 1. The molecule has 3 rings (SSSR count). The van der Waals surface area contributed by atoms with Crippen molar-refractivity contribution in [2.45, 2.75) is 19.4 Å². The van der Waals surface area contributed by atoms with Crippen LogP contribution in [-0.4, -0.2) is 22.4 Å². The first-order valence-electron chi connectivity index (χ1n) is 7.60. The van der Waals surface area contributed by atoms with E-state index in [1.807, 2.05) is 42.5 Å². The van der Waals surface area contributed by atoms with E-state index in [-0.39, 0.29) is 12.2 Å². The maximum Gasteiger partial charge on any atom is 0.331 e. The van der Waals surface area contributed by atoms with Crippen LogP contribution in [0, 0.1) is 0 Å². The van der Waals surface area contributed by atoms with E-state index < -0.39 is 12.0 Å². The van der Waals surface area contributed by atoms with E-state index in [9.17, 15) is 9.59 Å². The van der Waals surface area contributed by atoms with Crippen molar-refractivity contribution in [1.29, 1.82) is 0 Å². The summed E-state index contributed by atoms with van der Waals surface area (Å²) in [5.41, 5.74) is 1.46. The molecule has 5 heteroatoms. The van der Waals surface area contributed by atoms with Crippen molar-refractivity contribution in [3.8, 4) is 0 Å². The van der Waals surface area contributed by atoms with Crippen molar-refractivity contribution < 1.29 is 9.53 Å². The molecule has 118 valence electrons. The van der Waals surface area contributed by atoms with Gasteiger partial charge in [0.2, 0.25) is 0 Å². The van der Waals surface area contributed by atoms with E-state index in [0.29, 0.717) is 17.3 Å². The van der Waals surface area contributed by atoms with E-state index in [0.717, 1.165) is 5.56 Å². The summed E-state index contributed by atoms with van der Waals surface area (Å²) in [4.78, 5) is 25.0. The molecule has 0 spiro atoms. The van der Waals surface area contributed by atoms with Crippen LogP contribution in [0.2, 0.25) is 0 Å². The zero-order chi connectivity index (χ0) is 16.2. The van der Waals surface area contributed by atoms with Crippen molar-refractivity contribution in [3.63, 3.8) is 0 Å². The molecule has 1 atom stereocenters.